The Labute approximate surface area is 69.7 Å². The molecule has 61 valence electrons. The molecule has 4 heteroatoms. The van der Waals surface area contributed by atoms with Crippen molar-refractivity contribution >= 4 is 11.8 Å². The van der Waals surface area contributed by atoms with Crippen LogP contribution in [0.3, 0.4) is 0 Å². The number of thioether (sulfide) groups is 1. The van der Waals surface area contributed by atoms with E-state index in [0.717, 1.165) is 5.44 Å². The molecule has 0 saturated carbocycles. The Balaban J connectivity index is 1.83. The lowest BCUT2D eigenvalue weighted by Crippen LogP contribution is -2.32. The minimum Gasteiger partial charge on any atom is -0.475 e. The van der Waals surface area contributed by atoms with Crippen LogP contribution in [0, 0.1) is 5.44 Å². The van der Waals surface area contributed by atoms with E-state index in [1.165, 1.54) is 0 Å². The molecule has 2 rings (SSSR count). The highest BCUT2D eigenvalue weighted by atomic mass is 32.2. The molecule has 11 heavy (non-hydrogen) atoms. The van der Waals surface area contributed by atoms with E-state index in [1.54, 1.807) is 18.0 Å². The molecular formula is C7H9O3S. The Morgan fingerprint density at radius 2 is 2.45 bits per heavy atom. The maximum absolute atomic E-state index is 5.41. The van der Waals surface area contributed by atoms with Crippen molar-refractivity contribution in [2.75, 3.05) is 19.8 Å². The lowest BCUT2D eigenvalue weighted by Gasteiger charge is -2.25. The lowest BCUT2D eigenvalue weighted by molar-refractivity contribution is -0.0922. The van der Waals surface area contributed by atoms with Crippen LogP contribution in [0.1, 0.15) is 0 Å². The van der Waals surface area contributed by atoms with Crippen LogP contribution in [0.2, 0.25) is 0 Å². The molecule has 0 aliphatic carbocycles. The Kier molecular flexibility index (Phi) is 2.35. The average molecular weight is 173 g/mol. The summed E-state index contributed by atoms with van der Waals surface area (Å²) in [6.07, 6.45) is 1.68. The summed E-state index contributed by atoms with van der Waals surface area (Å²) in [5.41, 5.74) is 0.893. The zero-order valence-corrected chi connectivity index (χ0v) is 6.80. The number of hydrogen-bond donors (Lipinski definition) is 0. The molecule has 1 radical (unpaired) electrons. The molecule has 1 atom stereocenters. The van der Waals surface area contributed by atoms with Crippen molar-refractivity contribution < 1.29 is 14.2 Å². The highest BCUT2D eigenvalue weighted by Crippen LogP contribution is 2.33. The van der Waals surface area contributed by atoms with Crippen LogP contribution in [0.25, 0.3) is 0 Å². The summed E-state index contributed by atoms with van der Waals surface area (Å²) in [6.45, 7) is 1.98. The predicted molar refractivity (Wildman–Crippen MR) is 41.6 cm³/mol. The van der Waals surface area contributed by atoms with E-state index < -0.39 is 0 Å². The number of hydrogen-bond acceptors (Lipinski definition) is 4. The van der Waals surface area contributed by atoms with Crippen molar-refractivity contribution in [2.24, 2.45) is 0 Å². The van der Waals surface area contributed by atoms with Crippen LogP contribution in [-0.2, 0) is 14.2 Å². The van der Waals surface area contributed by atoms with Crippen LogP contribution in [0.5, 0.6) is 0 Å². The standard InChI is InChI=1S/C7H9O3S/c1-2-9-6(5-8-1)7-10-3-4-11-7/h3-4,6H,1-2,5H2. The third-order valence-electron chi connectivity index (χ3n) is 1.50. The monoisotopic (exact) mass is 173 g/mol. The molecule has 1 saturated heterocycles. The fourth-order valence-electron chi connectivity index (χ4n) is 0.993. The molecule has 0 bridgehead atoms. The number of rotatable bonds is 1. The molecule has 2 aliphatic heterocycles. The third kappa shape index (κ3) is 1.69. The summed E-state index contributed by atoms with van der Waals surface area (Å²) in [7, 11) is 0. The van der Waals surface area contributed by atoms with Gasteiger partial charge in [-0.1, -0.05) is 11.8 Å². The Bertz CT molecular complexity index is 146. The SMILES string of the molecule is C1=CS[C](C2COCCO2)O1. The molecule has 0 amide bonds. The Morgan fingerprint density at radius 1 is 1.45 bits per heavy atom. The molecule has 1 unspecified atom stereocenters. The van der Waals surface area contributed by atoms with E-state index in [1.807, 2.05) is 5.41 Å². The molecular weight excluding hydrogens is 164 g/mol. The molecule has 2 heterocycles. The van der Waals surface area contributed by atoms with Gasteiger partial charge in [0, 0.05) is 5.41 Å². The second kappa shape index (κ2) is 3.47. The average Bonchev–Trinajstić information content (AvgIpc) is 2.58. The van der Waals surface area contributed by atoms with E-state index in [9.17, 15) is 0 Å². The molecule has 0 aromatic carbocycles. The summed E-state index contributed by atoms with van der Waals surface area (Å²) in [4.78, 5) is 0. The van der Waals surface area contributed by atoms with Gasteiger partial charge in [0.1, 0.15) is 6.10 Å². The van der Waals surface area contributed by atoms with Gasteiger partial charge >= 0.3 is 0 Å². The fraction of sp³-hybridized carbons (Fsp3) is 0.571. The summed E-state index contributed by atoms with van der Waals surface area (Å²) < 4.78 is 15.8. The first-order chi connectivity index (χ1) is 5.47. The first-order valence-corrected chi connectivity index (χ1v) is 4.39. The van der Waals surface area contributed by atoms with Crippen molar-refractivity contribution in [1.29, 1.82) is 0 Å². The molecule has 0 spiro atoms. The Hall–Kier alpha value is -0.190. The second-order valence-corrected chi connectivity index (χ2v) is 3.17. The fourth-order valence-corrected chi connectivity index (χ4v) is 1.64. The van der Waals surface area contributed by atoms with Gasteiger partial charge in [-0.25, -0.2) is 0 Å². The zero-order valence-electron chi connectivity index (χ0n) is 5.99. The van der Waals surface area contributed by atoms with Gasteiger partial charge < -0.3 is 14.2 Å². The topological polar surface area (TPSA) is 27.7 Å². The van der Waals surface area contributed by atoms with Gasteiger partial charge in [-0.3, -0.25) is 0 Å². The van der Waals surface area contributed by atoms with E-state index in [0.29, 0.717) is 19.8 Å². The van der Waals surface area contributed by atoms with Gasteiger partial charge in [0.2, 0.25) is 5.44 Å². The smallest absolute Gasteiger partial charge is 0.237 e. The predicted octanol–water partition coefficient (Wildman–Crippen LogP) is 1.13. The van der Waals surface area contributed by atoms with Gasteiger partial charge in [-0.15, -0.1) is 0 Å². The van der Waals surface area contributed by atoms with Gasteiger partial charge in [-0.2, -0.15) is 0 Å². The molecule has 0 aromatic heterocycles. The minimum absolute atomic E-state index is 0.0174. The van der Waals surface area contributed by atoms with Crippen LogP contribution in [0.15, 0.2) is 11.7 Å². The van der Waals surface area contributed by atoms with Crippen LogP contribution >= 0.6 is 11.8 Å². The Morgan fingerprint density at radius 3 is 3.09 bits per heavy atom. The summed E-state index contributed by atoms with van der Waals surface area (Å²) in [6, 6.07) is 0. The first kappa shape index (κ1) is 7.46. The maximum atomic E-state index is 5.41. The number of ether oxygens (including phenoxy) is 3. The van der Waals surface area contributed by atoms with E-state index in [2.05, 4.69) is 0 Å². The molecule has 0 N–H and O–H groups in total. The largest absolute Gasteiger partial charge is 0.475 e. The molecule has 0 aromatic rings. The van der Waals surface area contributed by atoms with E-state index in [-0.39, 0.29) is 6.10 Å². The van der Waals surface area contributed by atoms with E-state index in [4.69, 9.17) is 14.2 Å². The molecule has 3 nitrogen and oxygen atoms in total. The van der Waals surface area contributed by atoms with Crippen molar-refractivity contribution in [2.45, 2.75) is 6.10 Å². The highest BCUT2D eigenvalue weighted by molar-refractivity contribution is 8.04. The summed E-state index contributed by atoms with van der Waals surface area (Å²) >= 11 is 1.56. The normalized spacial score (nSPS) is 32.2. The third-order valence-corrected chi connectivity index (χ3v) is 2.34. The van der Waals surface area contributed by atoms with Crippen molar-refractivity contribution in [3.8, 4) is 0 Å². The van der Waals surface area contributed by atoms with Gasteiger partial charge in [-0.05, 0) is 0 Å². The van der Waals surface area contributed by atoms with Crippen molar-refractivity contribution in [3.05, 3.63) is 17.1 Å². The lowest BCUT2D eigenvalue weighted by atomic mass is 10.4. The maximum Gasteiger partial charge on any atom is 0.237 e. The summed E-state index contributed by atoms with van der Waals surface area (Å²) in [5, 5.41) is 1.90. The zero-order chi connectivity index (χ0) is 7.52. The van der Waals surface area contributed by atoms with E-state index >= 15 is 0 Å². The highest BCUT2D eigenvalue weighted by Gasteiger charge is 2.29. The van der Waals surface area contributed by atoms with Crippen LogP contribution < -0.4 is 0 Å². The van der Waals surface area contributed by atoms with Gasteiger partial charge in [0.05, 0.1) is 26.1 Å². The first-order valence-electron chi connectivity index (χ1n) is 3.51. The molecule has 2 aliphatic rings. The van der Waals surface area contributed by atoms with Crippen molar-refractivity contribution in [3.63, 3.8) is 0 Å². The second-order valence-electron chi connectivity index (χ2n) is 2.26. The minimum atomic E-state index is 0.0174. The van der Waals surface area contributed by atoms with Crippen molar-refractivity contribution in [1.82, 2.24) is 0 Å². The summed E-state index contributed by atoms with van der Waals surface area (Å²) in [5.74, 6) is 0. The van der Waals surface area contributed by atoms with Gasteiger partial charge in [0.15, 0.2) is 0 Å². The van der Waals surface area contributed by atoms with Crippen LogP contribution in [0.4, 0.5) is 0 Å². The van der Waals surface area contributed by atoms with Crippen LogP contribution in [-0.4, -0.2) is 25.9 Å². The molecule has 1 fully saturated rings. The quantitative estimate of drug-likeness (QED) is 0.594. The van der Waals surface area contributed by atoms with Gasteiger partial charge in [0.25, 0.3) is 0 Å².